The van der Waals surface area contributed by atoms with Crippen molar-refractivity contribution < 1.29 is 0 Å². The van der Waals surface area contributed by atoms with E-state index in [4.69, 9.17) is 5.73 Å². The van der Waals surface area contributed by atoms with Crippen LogP contribution in [0.1, 0.15) is 11.1 Å². The number of hydrogen-bond donors (Lipinski definition) is 1. The highest BCUT2D eigenvalue weighted by molar-refractivity contribution is 7.13. The van der Waals surface area contributed by atoms with Gasteiger partial charge in [-0.25, -0.2) is 0 Å². The zero-order valence-electron chi connectivity index (χ0n) is 8.16. The van der Waals surface area contributed by atoms with E-state index in [9.17, 15) is 0 Å². The number of nitrogens with two attached hydrogens (primary N) is 1. The van der Waals surface area contributed by atoms with Gasteiger partial charge in [-0.1, -0.05) is 18.2 Å². The Hall–Kier alpha value is -1.12. The third kappa shape index (κ3) is 1.72. The van der Waals surface area contributed by atoms with Crippen molar-refractivity contribution in [3.05, 3.63) is 46.8 Å². The van der Waals surface area contributed by atoms with Crippen LogP contribution in [0.2, 0.25) is 0 Å². The third-order valence-electron chi connectivity index (χ3n) is 2.32. The van der Waals surface area contributed by atoms with E-state index >= 15 is 0 Å². The highest BCUT2D eigenvalue weighted by Gasteiger charge is 2.03. The first-order chi connectivity index (χ1) is 6.81. The molecule has 0 unspecified atom stereocenters. The van der Waals surface area contributed by atoms with Gasteiger partial charge >= 0.3 is 0 Å². The van der Waals surface area contributed by atoms with Gasteiger partial charge in [0.05, 0.1) is 0 Å². The van der Waals surface area contributed by atoms with E-state index in [0.29, 0.717) is 6.54 Å². The van der Waals surface area contributed by atoms with Crippen molar-refractivity contribution >= 4 is 11.3 Å². The number of hydrogen-bond acceptors (Lipinski definition) is 2. The van der Waals surface area contributed by atoms with Gasteiger partial charge in [0.25, 0.3) is 0 Å². The Balaban J connectivity index is 2.51. The molecule has 1 aromatic carbocycles. The van der Waals surface area contributed by atoms with Crippen LogP contribution in [0.15, 0.2) is 35.7 Å². The van der Waals surface area contributed by atoms with Crippen molar-refractivity contribution in [2.24, 2.45) is 5.73 Å². The van der Waals surface area contributed by atoms with Crippen LogP contribution in [-0.2, 0) is 6.54 Å². The molecule has 0 saturated heterocycles. The standard InChI is InChI=1S/C12H13NS/c1-9-4-5-10(8-13)7-11(9)12-3-2-6-14-12/h2-7H,8,13H2,1H3. The van der Waals surface area contributed by atoms with E-state index < -0.39 is 0 Å². The van der Waals surface area contributed by atoms with Crippen molar-refractivity contribution in [1.82, 2.24) is 0 Å². The van der Waals surface area contributed by atoms with Gasteiger partial charge in [0.15, 0.2) is 0 Å². The predicted octanol–water partition coefficient (Wildman–Crippen LogP) is 3.18. The first-order valence-electron chi connectivity index (χ1n) is 4.65. The summed E-state index contributed by atoms with van der Waals surface area (Å²) in [6, 6.07) is 10.6. The van der Waals surface area contributed by atoms with Crippen LogP contribution in [0.4, 0.5) is 0 Å². The zero-order chi connectivity index (χ0) is 9.97. The summed E-state index contributed by atoms with van der Waals surface area (Å²) in [5.74, 6) is 0. The van der Waals surface area contributed by atoms with Gasteiger partial charge in [0.2, 0.25) is 0 Å². The second-order valence-electron chi connectivity index (χ2n) is 3.33. The molecule has 2 aromatic rings. The molecule has 14 heavy (non-hydrogen) atoms. The molecule has 2 rings (SSSR count). The molecule has 72 valence electrons. The van der Waals surface area contributed by atoms with E-state index in [2.05, 4.69) is 42.6 Å². The van der Waals surface area contributed by atoms with E-state index in [1.54, 1.807) is 11.3 Å². The van der Waals surface area contributed by atoms with Crippen molar-refractivity contribution in [2.45, 2.75) is 13.5 Å². The maximum atomic E-state index is 5.63. The Kier molecular flexibility index (Phi) is 2.66. The fraction of sp³-hybridized carbons (Fsp3) is 0.167. The summed E-state index contributed by atoms with van der Waals surface area (Å²) in [4.78, 5) is 1.32. The maximum Gasteiger partial charge on any atom is 0.0345 e. The maximum absolute atomic E-state index is 5.63. The van der Waals surface area contributed by atoms with Crippen LogP contribution in [0.25, 0.3) is 10.4 Å². The van der Waals surface area contributed by atoms with E-state index in [0.717, 1.165) is 0 Å². The molecule has 0 fully saturated rings. The van der Waals surface area contributed by atoms with Gasteiger partial charge in [-0.05, 0) is 41.1 Å². The lowest BCUT2D eigenvalue weighted by atomic mass is 10.0. The van der Waals surface area contributed by atoms with Gasteiger partial charge in [-0.3, -0.25) is 0 Å². The average Bonchev–Trinajstić information content (AvgIpc) is 2.71. The van der Waals surface area contributed by atoms with Crippen molar-refractivity contribution in [3.63, 3.8) is 0 Å². The lowest BCUT2D eigenvalue weighted by Gasteiger charge is -2.05. The van der Waals surface area contributed by atoms with Crippen molar-refractivity contribution in [3.8, 4) is 10.4 Å². The fourth-order valence-electron chi connectivity index (χ4n) is 1.49. The van der Waals surface area contributed by atoms with Gasteiger partial charge < -0.3 is 5.73 Å². The van der Waals surface area contributed by atoms with Crippen LogP contribution in [0.3, 0.4) is 0 Å². The fourth-order valence-corrected chi connectivity index (χ4v) is 2.30. The van der Waals surface area contributed by atoms with Gasteiger partial charge in [0.1, 0.15) is 0 Å². The molecule has 0 radical (unpaired) electrons. The molecule has 0 aliphatic rings. The van der Waals surface area contributed by atoms with Gasteiger partial charge in [-0.15, -0.1) is 11.3 Å². The summed E-state index contributed by atoms with van der Waals surface area (Å²) in [6.45, 7) is 2.74. The number of benzene rings is 1. The lowest BCUT2D eigenvalue weighted by molar-refractivity contribution is 1.07. The largest absolute Gasteiger partial charge is 0.326 e. The first-order valence-corrected chi connectivity index (χ1v) is 5.52. The van der Waals surface area contributed by atoms with Crippen molar-refractivity contribution in [2.75, 3.05) is 0 Å². The quantitative estimate of drug-likeness (QED) is 0.797. The Morgan fingerprint density at radius 3 is 2.79 bits per heavy atom. The van der Waals surface area contributed by atoms with Crippen LogP contribution >= 0.6 is 11.3 Å². The Morgan fingerprint density at radius 2 is 2.14 bits per heavy atom. The second-order valence-corrected chi connectivity index (χ2v) is 4.28. The number of rotatable bonds is 2. The second kappa shape index (κ2) is 3.95. The van der Waals surface area contributed by atoms with Crippen LogP contribution in [0.5, 0.6) is 0 Å². The Bertz CT molecular complexity index is 418. The summed E-state index contributed by atoms with van der Waals surface area (Å²) in [5, 5.41) is 2.10. The van der Waals surface area contributed by atoms with Gasteiger partial charge in [0, 0.05) is 11.4 Å². The summed E-state index contributed by atoms with van der Waals surface area (Å²) in [5.41, 5.74) is 9.44. The summed E-state index contributed by atoms with van der Waals surface area (Å²) >= 11 is 1.77. The molecular weight excluding hydrogens is 190 g/mol. The molecule has 0 saturated carbocycles. The highest BCUT2D eigenvalue weighted by Crippen LogP contribution is 2.28. The minimum atomic E-state index is 0.610. The predicted molar refractivity (Wildman–Crippen MR) is 62.4 cm³/mol. The third-order valence-corrected chi connectivity index (χ3v) is 3.23. The van der Waals surface area contributed by atoms with E-state index in [1.165, 1.54) is 21.6 Å². The molecule has 0 aliphatic heterocycles. The normalized spacial score (nSPS) is 10.4. The molecule has 2 N–H and O–H groups in total. The number of thiophene rings is 1. The monoisotopic (exact) mass is 203 g/mol. The summed E-state index contributed by atoms with van der Waals surface area (Å²) in [6.07, 6.45) is 0. The van der Waals surface area contributed by atoms with Gasteiger partial charge in [-0.2, -0.15) is 0 Å². The Labute approximate surface area is 88.2 Å². The lowest BCUT2D eigenvalue weighted by Crippen LogP contribution is -1.96. The van der Waals surface area contributed by atoms with Crippen LogP contribution in [-0.4, -0.2) is 0 Å². The van der Waals surface area contributed by atoms with Crippen LogP contribution < -0.4 is 5.73 Å². The average molecular weight is 203 g/mol. The molecule has 1 nitrogen and oxygen atoms in total. The molecule has 0 aliphatic carbocycles. The minimum Gasteiger partial charge on any atom is -0.326 e. The summed E-state index contributed by atoms with van der Waals surface area (Å²) < 4.78 is 0. The minimum absolute atomic E-state index is 0.610. The van der Waals surface area contributed by atoms with E-state index in [-0.39, 0.29) is 0 Å². The molecule has 2 heteroatoms. The molecule has 0 bridgehead atoms. The zero-order valence-corrected chi connectivity index (χ0v) is 8.97. The molecular formula is C12H13NS. The topological polar surface area (TPSA) is 26.0 Å². The molecule has 1 heterocycles. The van der Waals surface area contributed by atoms with Crippen LogP contribution in [0, 0.1) is 6.92 Å². The molecule has 1 aromatic heterocycles. The van der Waals surface area contributed by atoms with E-state index in [1.807, 2.05) is 0 Å². The first kappa shape index (κ1) is 9.44. The SMILES string of the molecule is Cc1ccc(CN)cc1-c1cccs1. The van der Waals surface area contributed by atoms with Crippen molar-refractivity contribution in [1.29, 1.82) is 0 Å². The molecule has 0 spiro atoms. The highest BCUT2D eigenvalue weighted by atomic mass is 32.1. The molecule has 0 amide bonds. The molecule has 0 atom stereocenters. The summed E-state index contributed by atoms with van der Waals surface area (Å²) in [7, 11) is 0. The Morgan fingerprint density at radius 1 is 1.29 bits per heavy atom. The smallest absolute Gasteiger partial charge is 0.0345 e. The number of aryl methyl sites for hydroxylation is 1.